The largest absolute Gasteiger partial charge is 0.447 e. The van der Waals surface area contributed by atoms with Crippen molar-refractivity contribution in [3.05, 3.63) is 0 Å². The molecule has 0 aliphatic carbocycles. The molecule has 1 unspecified atom stereocenters. The van der Waals surface area contributed by atoms with Crippen molar-refractivity contribution in [2.24, 2.45) is 0 Å². The van der Waals surface area contributed by atoms with Crippen molar-refractivity contribution in [2.45, 2.75) is 19.5 Å². The Morgan fingerprint density at radius 2 is 2.25 bits per heavy atom. The van der Waals surface area contributed by atoms with Crippen molar-refractivity contribution in [3.8, 4) is 0 Å². The van der Waals surface area contributed by atoms with Crippen LogP contribution in [0.1, 0.15) is 13.3 Å². The molecule has 6 heteroatoms. The highest BCUT2D eigenvalue weighted by atomic mass is 16.6. The number of amides is 1. The Kier molecular flexibility index (Phi) is 6.14. The zero-order valence-corrected chi connectivity index (χ0v) is 9.65. The van der Waals surface area contributed by atoms with Crippen molar-refractivity contribution in [2.75, 3.05) is 39.5 Å². The first kappa shape index (κ1) is 13.2. The molecule has 94 valence electrons. The molecule has 16 heavy (non-hydrogen) atoms. The Labute approximate surface area is 95.5 Å². The molecule has 2 N–H and O–H groups in total. The van der Waals surface area contributed by atoms with Gasteiger partial charge in [0.25, 0.3) is 0 Å². The molecule has 0 aromatic rings. The average Bonchev–Trinajstić information content (AvgIpc) is 2.34. The van der Waals surface area contributed by atoms with Gasteiger partial charge in [-0.1, -0.05) is 6.92 Å². The van der Waals surface area contributed by atoms with E-state index in [0.717, 1.165) is 19.5 Å². The number of carbonyl (C=O) groups is 1. The van der Waals surface area contributed by atoms with E-state index in [1.54, 1.807) is 0 Å². The van der Waals surface area contributed by atoms with Gasteiger partial charge in [-0.3, -0.25) is 4.90 Å². The number of alkyl carbamates (subject to hydrolysis) is 1. The van der Waals surface area contributed by atoms with E-state index < -0.39 is 6.09 Å². The summed E-state index contributed by atoms with van der Waals surface area (Å²) in [7, 11) is 0. The third kappa shape index (κ3) is 4.34. The fraction of sp³-hybridized carbons (Fsp3) is 0.900. The van der Waals surface area contributed by atoms with Gasteiger partial charge in [-0.25, -0.2) is 4.79 Å². The van der Waals surface area contributed by atoms with E-state index in [2.05, 4.69) is 10.2 Å². The van der Waals surface area contributed by atoms with Gasteiger partial charge in [0.1, 0.15) is 6.61 Å². The zero-order chi connectivity index (χ0) is 11.8. The summed E-state index contributed by atoms with van der Waals surface area (Å²) >= 11 is 0. The van der Waals surface area contributed by atoms with E-state index in [1.807, 2.05) is 6.92 Å². The van der Waals surface area contributed by atoms with E-state index >= 15 is 0 Å². The third-order valence-electron chi connectivity index (χ3n) is 2.48. The molecule has 1 aliphatic heterocycles. The van der Waals surface area contributed by atoms with Crippen LogP contribution in [-0.4, -0.2) is 61.8 Å². The van der Waals surface area contributed by atoms with Gasteiger partial charge in [-0.05, 0) is 6.42 Å². The van der Waals surface area contributed by atoms with E-state index in [0.29, 0.717) is 13.2 Å². The van der Waals surface area contributed by atoms with Crippen LogP contribution in [0, 0.1) is 0 Å². The van der Waals surface area contributed by atoms with Gasteiger partial charge < -0.3 is 19.9 Å². The minimum Gasteiger partial charge on any atom is -0.447 e. The molecular weight excluding hydrogens is 212 g/mol. The van der Waals surface area contributed by atoms with Crippen molar-refractivity contribution < 1.29 is 19.4 Å². The average molecular weight is 232 g/mol. The lowest BCUT2D eigenvalue weighted by molar-refractivity contribution is 0.00669. The normalized spacial score (nSPS) is 19.1. The lowest BCUT2D eigenvalue weighted by Crippen LogP contribution is -2.52. The summed E-state index contributed by atoms with van der Waals surface area (Å²) in [5.41, 5.74) is 0. The van der Waals surface area contributed by atoms with Gasteiger partial charge >= 0.3 is 6.09 Å². The second kappa shape index (κ2) is 7.43. The predicted octanol–water partition coefficient (Wildman–Crippen LogP) is -0.227. The SMILES string of the molecule is CCC(NC(=O)OCCO)N1CCOCC1. The first-order valence-corrected chi connectivity index (χ1v) is 5.64. The Bertz CT molecular complexity index is 207. The summed E-state index contributed by atoms with van der Waals surface area (Å²) in [4.78, 5) is 13.5. The first-order valence-electron chi connectivity index (χ1n) is 5.64. The molecule has 1 rings (SSSR count). The van der Waals surface area contributed by atoms with Crippen molar-refractivity contribution in [1.29, 1.82) is 0 Å². The van der Waals surface area contributed by atoms with Gasteiger partial charge in [-0.15, -0.1) is 0 Å². The molecule has 0 saturated carbocycles. The van der Waals surface area contributed by atoms with Gasteiger partial charge in [0, 0.05) is 13.1 Å². The van der Waals surface area contributed by atoms with Crippen LogP contribution in [-0.2, 0) is 9.47 Å². The lowest BCUT2D eigenvalue weighted by Gasteiger charge is -2.33. The van der Waals surface area contributed by atoms with Gasteiger partial charge in [0.2, 0.25) is 0 Å². The number of nitrogens with one attached hydrogen (secondary N) is 1. The summed E-state index contributed by atoms with van der Waals surface area (Å²) in [6.45, 7) is 4.92. The first-order chi connectivity index (χ1) is 7.77. The van der Waals surface area contributed by atoms with Crippen LogP contribution in [0.3, 0.4) is 0 Å². The number of hydrogen-bond acceptors (Lipinski definition) is 5. The van der Waals surface area contributed by atoms with Crippen LogP contribution >= 0.6 is 0 Å². The number of aliphatic hydroxyl groups is 1. The minimum atomic E-state index is -0.479. The molecular formula is C10H20N2O4. The number of rotatable bonds is 5. The van der Waals surface area contributed by atoms with Crippen LogP contribution in [0.15, 0.2) is 0 Å². The molecule has 1 atom stereocenters. The summed E-state index contributed by atoms with van der Waals surface area (Å²) in [5.74, 6) is 0. The number of hydrogen-bond donors (Lipinski definition) is 2. The number of carbonyl (C=O) groups excluding carboxylic acids is 1. The van der Waals surface area contributed by atoms with Crippen LogP contribution < -0.4 is 5.32 Å². The highest BCUT2D eigenvalue weighted by Crippen LogP contribution is 2.05. The quantitative estimate of drug-likeness (QED) is 0.685. The Morgan fingerprint density at radius 1 is 1.56 bits per heavy atom. The molecule has 0 aromatic heterocycles. The van der Waals surface area contributed by atoms with Crippen molar-refractivity contribution in [3.63, 3.8) is 0 Å². The molecule has 0 radical (unpaired) electrons. The van der Waals surface area contributed by atoms with Crippen LogP contribution in [0.5, 0.6) is 0 Å². The van der Waals surface area contributed by atoms with Crippen LogP contribution in [0.2, 0.25) is 0 Å². The van der Waals surface area contributed by atoms with E-state index in [4.69, 9.17) is 14.6 Å². The predicted molar refractivity (Wildman–Crippen MR) is 58.0 cm³/mol. The zero-order valence-electron chi connectivity index (χ0n) is 9.65. The topological polar surface area (TPSA) is 71.0 Å². The number of nitrogens with zero attached hydrogens (tertiary/aromatic N) is 1. The van der Waals surface area contributed by atoms with Crippen molar-refractivity contribution >= 4 is 6.09 Å². The number of morpholine rings is 1. The van der Waals surface area contributed by atoms with Crippen LogP contribution in [0.25, 0.3) is 0 Å². The standard InChI is InChI=1S/C10H20N2O4/c1-2-9(11-10(14)16-8-5-13)12-3-6-15-7-4-12/h9,13H,2-8H2,1H3,(H,11,14). The summed E-state index contributed by atoms with van der Waals surface area (Å²) < 4.78 is 10.0. The van der Waals surface area contributed by atoms with Gasteiger partial charge in [-0.2, -0.15) is 0 Å². The van der Waals surface area contributed by atoms with E-state index in [9.17, 15) is 4.79 Å². The molecule has 6 nitrogen and oxygen atoms in total. The maximum atomic E-state index is 11.3. The van der Waals surface area contributed by atoms with Gasteiger partial charge in [0.15, 0.2) is 0 Å². The Hall–Kier alpha value is -0.850. The fourth-order valence-corrected chi connectivity index (χ4v) is 1.66. The highest BCUT2D eigenvalue weighted by Gasteiger charge is 2.21. The third-order valence-corrected chi connectivity index (χ3v) is 2.48. The highest BCUT2D eigenvalue weighted by molar-refractivity contribution is 5.67. The van der Waals surface area contributed by atoms with Crippen LogP contribution in [0.4, 0.5) is 4.79 Å². The van der Waals surface area contributed by atoms with Crippen molar-refractivity contribution in [1.82, 2.24) is 10.2 Å². The molecule has 1 amide bonds. The maximum absolute atomic E-state index is 11.3. The minimum absolute atomic E-state index is 0.0184. The summed E-state index contributed by atoms with van der Waals surface area (Å²) in [6, 6.07) is 0. The fourth-order valence-electron chi connectivity index (χ4n) is 1.66. The van der Waals surface area contributed by atoms with E-state index in [-0.39, 0.29) is 19.4 Å². The van der Waals surface area contributed by atoms with Gasteiger partial charge in [0.05, 0.1) is 26.0 Å². The Balaban J connectivity index is 2.32. The molecule has 1 heterocycles. The molecule has 1 saturated heterocycles. The van der Waals surface area contributed by atoms with E-state index in [1.165, 1.54) is 0 Å². The maximum Gasteiger partial charge on any atom is 0.408 e. The molecule has 0 spiro atoms. The monoisotopic (exact) mass is 232 g/mol. The molecule has 0 aromatic carbocycles. The smallest absolute Gasteiger partial charge is 0.408 e. The Morgan fingerprint density at radius 3 is 2.81 bits per heavy atom. The lowest BCUT2D eigenvalue weighted by atomic mass is 10.3. The summed E-state index contributed by atoms with van der Waals surface area (Å²) in [5, 5.41) is 11.3. The molecule has 1 aliphatic rings. The second-order valence-corrected chi connectivity index (χ2v) is 3.58. The molecule has 1 fully saturated rings. The molecule has 0 bridgehead atoms. The second-order valence-electron chi connectivity index (χ2n) is 3.58. The summed E-state index contributed by atoms with van der Waals surface area (Å²) in [6.07, 6.45) is 0.316. The number of ether oxygens (including phenoxy) is 2. The number of aliphatic hydroxyl groups excluding tert-OH is 1.